The normalized spacial score (nSPS) is 10.0. The number of nitro groups is 3. The van der Waals surface area contributed by atoms with Gasteiger partial charge in [-0.15, -0.1) is 0 Å². The zero-order chi connectivity index (χ0) is 17.9. The van der Waals surface area contributed by atoms with Gasteiger partial charge in [-0.05, 0) is 12.1 Å². The predicted octanol–water partition coefficient (Wildman–Crippen LogP) is 2.06. The Hall–Kier alpha value is -3.96. The van der Waals surface area contributed by atoms with Crippen LogP contribution in [0, 0.1) is 30.3 Å². The molecule has 0 atom stereocenters. The molecule has 2 rings (SSSR count). The zero-order valence-corrected chi connectivity index (χ0v) is 11.6. The van der Waals surface area contributed by atoms with E-state index in [4.69, 9.17) is 0 Å². The number of nitro benzene ring substituents is 3. The van der Waals surface area contributed by atoms with Gasteiger partial charge >= 0.3 is 11.4 Å². The number of hydrogen-bond acceptors (Lipinski definition) is 8. The molecule has 0 saturated heterocycles. The third-order valence-corrected chi connectivity index (χ3v) is 2.87. The molecule has 1 aromatic carbocycles. The van der Waals surface area contributed by atoms with Gasteiger partial charge in [0.2, 0.25) is 0 Å². The van der Waals surface area contributed by atoms with Crippen LogP contribution in [-0.2, 0) is 0 Å². The van der Waals surface area contributed by atoms with Gasteiger partial charge in [-0.1, -0.05) is 0 Å². The van der Waals surface area contributed by atoms with Gasteiger partial charge in [0.1, 0.15) is 0 Å². The second-order valence-corrected chi connectivity index (χ2v) is 4.32. The number of hydrogen-bond donors (Lipinski definition) is 1. The van der Waals surface area contributed by atoms with E-state index >= 15 is 0 Å². The summed E-state index contributed by atoms with van der Waals surface area (Å²) in [5.41, 5.74) is -3.45. The zero-order valence-electron chi connectivity index (χ0n) is 11.6. The molecule has 0 unspecified atom stereocenters. The van der Waals surface area contributed by atoms with Crippen molar-refractivity contribution in [2.45, 2.75) is 0 Å². The fourth-order valence-corrected chi connectivity index (χ4v) is 1.81. The van der Waals surface area contributed by atoms with E-state index in [9.17, 15) is 35.1 Å². The fourth-order valence-electron chi connectivity index (χ4n) is 1.81. The van der Waals surface area contributed by atoms with Crippen molar-refractivity contribution in [2.75, 3.05) is 5.32 Å². The summed E-state index contributed by atoms with van der Waals surface area (Å²) in [6.45, 7) is 0. The van der Waals surface area contributed by atoms with Crippen LogP contribution in [0.4, 0.5) is 22.7 Å². The lowest BCUT2D eigenvalue weighted by atomic mass is 10.2. The highest BCUT2D eigenvalue weighted by Gasteiger charge is 2.31. The highest BCUT2D eigenvalue weighted by Crippen LogP contribution is 2.38. The molecule has 0 aliphatic heterocycles. The monoisotopic (exact) mass is 333 g/mol. The summed E-state index contributed by atoms with van der Waals surface area (Å²) >= 11 is 0. The molecular weight excluding hydrogens is 326 g/mol. The van der Waals surface area contributed by atoms with Gasteiger partial charge in [0.15, 0.2) is 5.69 Å². The number of amides is 1. The smallest absolute Gasteiger partial charge is 0.306 e. The van der Waals surface area contributed by atoms with Crippen molar-refractivity contribution in [1.29, 1.82) is 0 Å². The standard InChI is InChI=1S/C12H7N5O7/c18-12(7-1-3-13-4-2-7)14-11-9(16(21)22)5-8(15(19)20)6-10(11)17(23)24/h1-6H,(H,14,18). The first-order valence-corrected chi connectivity index (χ1v) is 6.14. The number of carbonyl (C=O) groups excluding carboxylic acids is 1. The van der Waals surface area contributed by atoms with E-state index in [1.807, 2.05) is 0 Å². The number of pyridine rings is 1. The summed E-state index contributed by atoms with van der Waals surface area (Å²) in [5, 5.41) is 35.0. The van der Waals surface area contributed by atoms with Crippen molar-refractivity contribution >= 4 is 28.7 Å². The van der Waals surface area contributed by atoms with Crippen LogP contribution >= 0.6 is 0 Å². The fraction of sp³-hybridized carbons (Fsp3) is 0. The second kappa shape index (κ2) is 6.43. The largest absolute Gasteiger partial charge is 0.311 e. The van der Waals surface area contributed by atoms with Gasteiger partial charge in [0.05, 0.1) is 26.9 Å². The van der Waals surface area contributed by atoms with E-state index in [1.165, 1.54) is 24.5 Å². The van der Waals surface area contributed by atoms with Gasteiger partial charge in [0, 0.05) is 18.0 Å². The predicted molar refractivity (Wildman–Crippen MR) is 78.6 cm³/mol. The van der Waals surface area contributed by atoms with Crippen molar-refractivity contribution in [3.8, 4) is 0 Å². The van der Waals surface area contributed by atoms with Gasteiger partial charge in [-0.3, -0.25) is 40.1 Å². The van der Waals surface area contributed by atoms with Crippen LogP contribution in [0.3, 0.4) is 0 Å². The first-order valence-electron chi connectivity index (χ1n) is 6.14. The molecule has 0 fully saturated rings. The Morgan fingerprint density at radius 3 is 1.83 bits per heavy atom. The van der Waals surface area contributed by atoms with Crippen molar-refractivity contribution in [2.24, 2.45) is 0 Å². The number of non-ortho nitro benzene ring substituents is 1. The number of aromatic nitrogens is 1. The summed E-state index contributed by atoms with van der Waals surface area (Å²) in [6.07, 6.45) is 2.57. The minimum Gasteiger partial charge on any atom is -0.311 e. The maximum Gasteiger partial charge on any atom is 0.306 e. The van der Waals surface area contributed by atoms with Crippen LogP contribution in [0.2, 0.25) is 0 Å². The highest BCUT2D eigenvalue weighted by molar-refractivity contribution is 6.07. The van der Waals surface area contributed by atoms with Crippen LogP contribution in [0.25, 0.3) is 0 Å². The maximum absolute atomic E-state index is 12.1. The Balaban J connectivity index is 2.58. The summed E-state index contributed by atoms with van der Waals surface area (Å²) < 4.78 is 0. The molecule has 1 N–H and O–H groups in total. The molecule has 122 valence electrons. The first-order chi connectivity index (χ1) is 11.3. The SMILES string of the molecule is O=C(Nc1c([N+](=O)[O-])cc([N+](=O)[O-])cc1[N+](=O)[O-])c1ccncc1. The Labute approximate surface area is 132 Å². The van der Waals surface area contributed by atoms with Crippen molar-refractivity contribution in [1.82, 2.24) is 4.98 Å². The van der Waals surface area contributed by atoms with Gasteiger partial charge in [0.25, 0.3) is 11.6 Å². The number of benzene rings is 1. The van der Waals surface area contributed by atoms with E-state index in [2.05, 4.69) is 10.3 Å². The molecule has 0 bridgehead atoms. The topological polar surface area (TPSA) is 171 Å². The Kier molecular flexibility index (Phi) is 4.40. The lowest BCUT2D eigenvalue weighted by Crippen LogP contribution is -2.15. The molecular formula is C12H7N5O7. The number of nitrogens with zero attached hydrogens (tertiary/aromatic N) is 4. The average molecular weight is 333 g/mol. The van der Waals surface area contributed by atoms with E-state index in [1.54, 1.807) is 0 Å². The molecule has 0 aliphatic rings. The molecule has 1 heterocycles. The van der Waals surface area contributed by atoms with E-state index in [0.717, 1.165) is 0 Å². The minimum absolute atomic E-state index is 0.0481. The Bertz CT molecular complexity index is 817. The van der Waals surface area contributed by atoms with Crippen LogP contribution in [0.15, 0.2) is 36.7 Å². The lowest BCUT2D eigenvalue weighted by molar-refractivity contribution is -0.401. The van der Waals surface area contributed by atoms with E-state index in [-0.39, 0.29) is 5.56 Å². The minimum atomic E-state index is -1.05. The molecule has 0 aliphatic carbocycles. The van der Waals surface area contributed by atoms with E-state index in [0.29, 0.717) is 12.1 Å². The Morgan fingerprint density at radius 2 is 1.42 bits per heavy atom. The second-order valence-electron chi connectivity index (χ2n) is 4.32. The maximum atomic E-state index is 12.1. The molecule has 2 aromatic rings. The quantitative estimate of drug-likeness (QED) is 0.639. The highest BCUT2D eigenvalue weighted by atomic mass is 16.6. The average Bonchev–Trinajstić information content (AvgIpc) is 2.54. The summed E-state index contributed by atoms with van der Waals surface area (Å²) in [4.78, 5) is 45.6. The molecule has 24 heavy (non-hydrogen) atoms. The van der Waals surface area contributed by atoms with Crippen molar-refractivity contribution in [3.05, 3.63) is 72.6 Å². The summed E-state index contributed by atoms with van der Waals surface area (Å²) in [5.74, 6) is -0.863. The Morgan fingerprint density at radius 1 is 0.917 bits per heavy atom. The van der Waals surface area contributed by atoms with Crippen LogP contribution in [0.1, 0.15) is 10.4 Å². The van der Waals surface area contributed by atoms with Gasteiger partial charge in [-0.25, -0.2) is 0 Å². The van der Waals surface area contributed by atoms with Crippen LogP contribution < -0.4 is 5.32 Å². The third-order valence-electron chi connectivity index (χ3n) is 2.87. The van der Waals surface area contributed by atoms with Gasteiger partial charge in [-0.2, -0.15) is 0 Å². The molecule has 0 spiro atoms. The summed E-state index contributed by atoms with van der Waals surface area (Å²) in [7, 11) is 0. The number of carbonyl (C=O) groups is 1. The lowest BCUT2D eigenvalue weighted by Gasteiger charge is -2.07. The van der Waals surface area contributed by atoms with Crippen molar-refractivity contribution < 1.29 is 19.6 Å². The van der Waals surface area contributed by atoms with Crippen LogP contribution in [0.5, 0.6) is 0 Å². The molecule has 1 amide bonds. The molecule has 0 radical (unpaired) electrons. The summed E-state index contributed by atoms with van der Waals surface area (Å²) in [6, 6.07) is 3.65. The third kappa shape index (κ3) is 3.27. The number of nitrogens with one attached hydrogen (secondary N) is 1. The number of anilines is 1. The van der Waals surface area contributed by atoms with E-state index < -0.39 is 43.4 Å². The molecule has 12 nitrogen and oxygen atoms in total. The molecule has 12 heteroatoms. The van der Waals surface area contributed by atoms with Gasteiger partial charge < -0.3 is 5.32 Å². The molecule has 0 saturated carbocycles. The van der Waals surface area contributed by atoms with Crippen LogP contribution in [-0.4, -0.2) is 25.7 Å². The first kappa shape index (κ1) is 16.4. The van der Waals surface area contributed by atoms with Crippen molar-refractivity contribution in [3.63, 3.8) is 0 Å². The number of rotatable bonds is 5. The molecule has 1 aromatic heterocycles.